The van der Waals surface area contributed by atoms with E-state index in [0.29, 0.717) is 0 Å². The smallest absolute Gasteiger partial charge is 0.0210 e. The van der Waals surface area contributed by atoms with Crippen molar-refractivity contribution < 1.29 is 0 Å². The van der Waals surface area contributed by atoms with E-state index in [1.165, 1.54) is 41.7 Å². The van der Waals surface area contributed by atoms with E-state index < -0.39 is 0 Å². The van der Waals surface area contributed by atoms with Crippen molar-refractivity contribution in [2.45, 2.75) is 57.9 Å². The summed E-state index contributed by atoms with van der Waals surface area (Å²) in [7, 11) is 0. The van der Waals surface area contributed by atoms with Gasteiger partial charge in [-0.3, -0.25) is 0 Å². The molecule has 1 saturated carbocycles. The van der Waals surface area contributed by atoms with Crippen LogP contribution in [0.5, 0.6) is 0 Å². The Morgan fingerprint density at radius 3 is 2.89 bits per heavy atom. The summed E-state index contributed by atoms with van der Waals surface area (Å²) in [6.45, 7) is 7.68. The molecule has 0 spiro atoms. The van der Waals surface area contributed by atoms with Crippen LogP contribution in [-0.2, 0) is 6.54 Å². The fourth-order valence-electron chi connectivity index (χ4n) is 2.76. The minimum atomic E-state index is 0.731. The van der Waals surface area contributed by atoms with Crippen LogP contribution >= 0.6 is 11.8 Å². The van der Waals surface area contributed by atoms with E-state index in [0.717, 1.165) is 17.8 Å². The van der Waals surface area contributed by atoms with Gasteiger partial charge in [0.25, 0.3) is 0 Å². The molecule has 0 amide bonds. The molecule has 2 unspecified atom stereocenters. The molecule has 0 heterocycles. The molecule has 1 aliphatic carbocycles. The highest BCUT2D eigenvalue weighted by Gasteiger charge is 2.23. The SMILES string of the molecule is CCSC1CCC(NCc2cc(C)ccc2C)C1. The molecule has 0 aromatic heterocycles. The van der Waals surface area contributed by atoms with Gasteiger partial charge < -0.3 is 5.32 Å². The molecule has 0 bridgehead atoms. The molecule has 1 N–H and O–H groups in total. The van der Waals surface area contributed by atoms with Crippen LogP contribution in [0.15, 0.2) is 18.2 Å². The van der Waals surface area contributed by atoms with Gasteiger partial charge in [-0.05, 0) is 50.0 Å². The molecular weight excluding hydrogens is 238 g/mol. The van der Waals surface area contributed by atoms with Gasteiger partial charge in [-0.15, -0.1) is 0 Å². The van der Waals surface area contributed by atoms with Crippen LogP contribution in [0.25, 0.3) is 0 Å². The second kappa shape index (κ2) is 6.63. The quantitative estimate of drug-likeness (QED) is 0.859. The fraction of sp³-hybridized carbons (Fsp3) is 0.625. The molecule has 100 valence electrons. The van der Waals surface area contributed by atoms with Crippen molar-refractivity contribution >= 4 is 11.8 Å². The van der Waals surface area contributed by atoms with Crippen LogP contribution in [-0.4, -0.2) is 17.0 Å². The van der Waals surface area contributed by atoms with E-state index in [1.807, 2.05) is 0 Å². The summed E-state index contributed by atoms with van der Waals surface area (Å²) in [5.74, 6) is 1.26. The summed E-state index contributed by atoms with van der Waals surface area (Å²) >= 11 is 2.13. The van der Waals surface area contributed by atoms with E-state index in [4.69, 9.17) is 0 Å². The molecule has 1 aliphatic rings. The van der Waals surface area contributed by atoms with E-state index in [2.05, 4.69) is 56.0 Å². The van der Waals surface area contributed by atoms with Crippen molar-refractivity contribution in [3.05, 3.63) is 34.9 Å². The first-order valence-electron chi connectivity index (χ1n) is 7.10. The first-order valence-corrected chi connectivity index (χ1v) is 8.15. The van der Waals surface area contributed by atoms with Gasteiger partial charge in [0.05, 0.1) is 0 Å². The molecule has 1 fully saturated rings. The summed E-state index contributed by atoms with van der Waals surface area (Å²) in [5, 5.41) is 4.64. The lowest BCUT2D eigenvalue weighted by molar-refractivity contribution is 0.524. The van der Waals surface area contributed by atoms with Crippen LogP contribution in [0.2, 0.25) is 0 Å². The van der Waals surface area contributed by atoms with Gasteiger partial charge in [0.15, 0.2) is 0 Å². The van der Waals surface area contributed by atoms with Crippen molar-refractivity contribution in [3.8, 4) is 0 Å². The van der Waals surface area contributed by atoms with E-state index in [-0.39, 0.29) is 0 Å². The minimum Gasteiger partial charge on any atom is -0.310 e. The summed E-state index contributed by atoms with van der Waals surface area (Å²) < 4.78 is 0. The molecule has 0 saturated heterocycles. The van der Waals surface area contributed by atoms with Crippen LogP contribution in [0.3, 0.4) is 0 Å². The Labute approximate surface area is 116 Å². The monoisotopic (exact) mass is 263 g/mol. The predicted molar refractivity (Wildman–Crippen MR) is 82.3 cm³/mol. The molecule has 2 atom stereocenters. The maximum atomic E-state index is 3.74. The third-order valence-electron chi connectivity index (χ3n) is 3.87. The van der Waals surface area contributed by atoms with E-state index >= 15 is 0 Å². The van der Waals surface area contributed by atoms with Crippen molar-refractivity contribution in [2.75, 3.05) is 5.75 Å². The van der Waals surface area contributed by atoms with Crippen molar-refractivity contribution in [2.24, 2.45) is 0 Å². The summed E-state index contributed by atoms with van der Waals surface area (Å²) in [6.07, 6.45) is 4.09. The molecular formula is C16H25NS. The van der Waals surface area contributed by atoms with Crippen LogP contribution < -0.4 is 5.32 Å². The minimum absolute atomic E-state index is 0.731. The van der Waals surface area contributed by atoms with Gasteiger partial charge in [0.2, 0.25) is 0 Å². The zero-order valence-electron chi connectivity index (χ0n) is 11.8. The zero-order valence-corrected chi connectivity index (χ0v) is 12.6. The van der Waals surface area contributed by atoms with Gasteiger partial charge in [0, 0.05) is 17.8 Å². The zero-order chi connectivity index (χ0) is 13.0. The highest BCUT2D eigenvalue weighted by atomic mass is 32.2. The number of benzene rings is 1. The number of hydrogen-bond acceptors (Lipinski definition) is 2. The lowest BCUT2D eigenvalue weighted by atomic mass is 10.1. The number of rotatable bonds is 5. The number of aryl methyl sites for hydroxylation is 2. The molecule has 1 nitrogen and oxygen atoms in total. The predicted octanol–water partition coefficient (Wildman–Crippen LogP) is 4.07. The molecule has 18 heavy (non-hydrogen) atoms. The van der Waals surface area contributed by atoms with E-state index in [1.54, 1.807) is 0 Å². The lowest BCUT2D eigenvalue weighted by Crippen LogP contribution is -2.26. The van der Waals surface area contributed by atoms with Crippen LogP contribution in [0.1, 0.15) is 42.9 Å². The standard InChI is InChI=1S/C16H25NS/c1-4-18-16-8-7-15(10-16)17-11-14-9-12(2)5-6-13(14)3/h5-6,9,15-17H,4,7-8,10-11H2,1-3H3. The number of nitrogens with one attached hydrogen (secondary N) is 1. The molecule has 2 heteroatoms. The molecule has 2 rings (SSSR count). The third kappa shape index (κ3) is 3.76. The molecule has 1 aromatic carbocycles. The topological polar surface area (TPSA) is 12.0 Å². The summed E-state index contributed by atoms with van der Waals surface area (Å²) in [5.41, 5.74) is 4.23. The Morgan fingerprint density at radius 2 is 2.11 bits per heavy atom. The fourth-order valence-corrected chi connectivity index (χ4v) is 3.90. The van der Waals surface area contributed by atoms with Crippen LogP contribution in [0.4, 0.5) is 0 Å². The van der Waals surface area contributed by atoms with Gasteiger partial charge in [-0.1, -0.05) is 30.7 Å². The number of thioether (sulfide) groups is 1. The normalized spacial score (nSPS) is 23.5. The maximum absolute atomic E-state index is 3.74. The first-order chi connectivity index (χ1) is 8.69. The Bertz CT molecular complexity index is 389. The third-order valence-corrected chi connectivity index (χ3v) is 5.11. The second-order valence-corrected chi connectivity index (χ2v) is 6.98. The lowest BCUT2D eigenvalue weighted by Gasteiger charge is -2.14. The summed E-state index contributed by atoms with van der Waals surface area (Å²) in [6, 6.07) is 7.48. The highest BCUT2D eigenvalue weighted by Crippen LogP contribution is 2.29. The first kappa shape index (κ1) is 14.0. The Balaban J connectivity index is 1.83. The Hall–Kier alpha value is -0.470. The van der Waals surface area contributed by atoms with Crippen LogP contribution in [0, 0.1) is 13.8 Å². The molecule has 1 aromatic rings. The van der Waals surface area contributed by atoms with Crippen molar-refractivity contribution in [1.29, 1.82) is 0 Å². The van der Waals surface area contributed by atoms with Gasteiger partial charge >= 0.3 is 0 Å². The van der Waals surface area contributed by atoms with E-state index in [9.17, 15) is 0 Å². The van der Waals surface area contributed by atoms with Gasteiger partial charge in [-0.25, -0.2) is 0 Å². The largest absolute Gasteiger partial charge is 0.310 e. The average Bonchev–Trinajstić information content (AvgIpc) is 2.79. The van der Waals surface area contributed by atoms with Gasteiger partial charge in [-0.2, -0.15) is 11.8 Å². The second-order valence-electron chi connectivity index (χ2n) is 5.40. The van der Waals surface area contributed by atoms with Gasteiger partial charge in [0.1, 0.15) is 0 Å². The molecule has 0 radical (unpaired) electrons. The summed E-state index contributed by atoms with van der Waals surface area (Å²) in [4.78, 5) is 0. The van der Waals surface area contributed by atoms with Crippen molar-refractivity contribution in [3.63, 3.8) is 0 Å². The Morgan fingerprint density at radius 1 is 1.28 bits per heavy atom. The average molecular weight is 263 g/mol. The highest BCUT2D eigenvalue weighted by molar-refractivity contribution is 7.99. The Kier molecular flexibility index (Phi) is 5.13. The maximum Gasteiger partial charge on any atom is 0.0210 e. The van der Waals surface area contributed by atoms with Crippen molar-refractivity contribution in [1.82, 2.24) is 5.32 Å². The molecule has 0 aliphatic heterocycles. The number of hydrogen-bond donors (Lipinski definition) is 1.